The van der Waals surface area contributed by atoms with Crippen LogP contribution in [-0.4, -0.2) is 57.6 Å². The minimum Gasteiger partial charge on any atom is -0.273 e. The molecule has 0 unspecified atom stereocenters. The molecule has 2 heterocycles. The molecular formula is C14H16N4O4. The van der Waals surface area contributed by atoms with Crippen LogP contribution in [0.4, 0.5) is 0 Å². The number of hydrogen-bond acceptors (Lipinski definition) is 6. The summed E-state index contributed by atoms with van der Waals surface area (Å²) in [6.45, 7) is 9.69. The van der Waals surface area contributed by atoms with E-state index in [4.69, 9.17) is 0 Å². The number of nitrogens with zero attached hydrogens (tertiary/aromatic N) is 4. The van der Waals surface area contributed by atoms with Crippen LogP contribution in [0, 0.1) is 0 Å². The van der Waals surface area contributed by atoms with Crippen LogP contribution in [0.25, 0.3) is 0 Å². The van der Waals surface area contributed by atoms with E-state index >= 15 is 0 Å². The second-order valence-corrected chi connectivity index (χ2v) is 5.36. The third-order valence-electron chi connectivity index (χ3n) is 3.72. The summed E-state index contributed by atoms with van der Waals surface area (Å²) in [6, 6.07) is 0. The maximum Gasteiger partial charge on any atom is 0.268 e. The largest absolute Gasteiger partial charge is 0.273 e. The molecule has 0 aromatic heterocycles. The predicted molar refractivity (Wildman–Crippen MR) is 75.5 cm³/mol. The minimum absolute atomic E-state index is 0.0883. The van der Waals surface area contributed by atoms with Gasteiger partial charge >= 0.3 is 0 Å². The monoisotopic (exact) mass is 304 g/mol. The lowest BCUT2D eigenvalue weighted by Crippen LogP contribution is -2.70. The normalized spacial score (nSPS) is 22.6. The van der Waals surface area contributed by atoms with Crippen LogP contribution >= 0.6 is 0 Å². The molecule has 0 N–H and O–H groups in total. The van der Waals surface area contributed by atoms with E-state index in [9.17, 15) is 19.2 Å². The van der Waals surface area contributed by atoms with Gasteiger partial charge in [-0.2, -0.15) is 10.2 Å². The van der Waals surface area contributed by atoms with Crippen molar-refractivity contribution in [1.29, 1.82) is 0 Å². The van der Waals surface area contributed by atoms with Crippen molar-refractivity contribution >= 4 is 23.6 Å². The Morgan fingerprint density at radius 2 is 1.09 bits per heavy atom. The first-order chi connectivity index (χ1) is 10.2. The van der Waals surface area contributed by atoms with Gasteiger partial charge in [-0.3, -0.25) is 29.0 Å². The molecule has 22 heavy (non-hydrogen) atoms. The van der Waals surface area contributed by atoms with E-state index in [1.165, 1.54) is 26.0 Å². The number of carbonyl (C=O) groups excluding carboxylic acids is 4. The molecule has 2 fully saturated rings. The van der Waals surface area contributed by atoms with E-state index in [-0.39, 0.29) is 13.1 Å². The summed E-state index contributed by atoms with van der Waals surface area (Å²) < 4.78 is 0. The SMILES string of the molecule is C=CCN1C(=O)C(C)(N=NC2(C)C(=O)N(CC=C)C2=O)C1=O. The van der Waals surface area contributed by atoms with Crippen molar-refractivity contribution in [3.63, 3.8) is 0 Å². The zero-order chi connectivity index (χ0) is 16.7. The molecule has 0 radical (unpaired) electrons. The highest BCUT2D eigenvalue weighted by molar-refractivity contribution is 6.26. The third-order valence-corrected chi connectivity index (χ3v) is 3.72. The van der Waals surface area contributed by atoms with Crippen LogP contribution in [0.3, 0.4) is 0 Å². The highest BCUT2D eigenvalue weighted by atomic mass is 16.2. The lowest BCUT2D eigenvalue weighted by Gasteiger charge is -2.42. The number of likely N-dealkylation sites (tertiary alicyclic amines) is 2. The molecule has 0 aromatic rings. The van der Waals surface area contributed by atoms with Gasteiger partial charge in [-0.25, -0.2) is 0 Å². The van der Waals surface area contributed by atoms with Crippen LogP contribution in [0.5, 0.6) is 0 Å². The van der Waals surface area contributed by atoms with Gasteiger partial charge in [-0.15, -0.1) is 13.2 Å². The Bertz CT molecular complexity index is 551. The van der Waals surface area contributed by atoms with E-state index in [1.807, 2.05) is 0 Å². The summed E-state index contributed by atoms with van der Waals surface area (Å²) in [6.07, 6.45) is 2.83. The molecule has 0 atom stereocenters. The van der Waals surface area contributed by atoms with Gasteiger partial charge in [0.2, 0.25) is 11.1 Å². The van der Waals surface area contributed by atoms with Crippen molar-refractivity contribution < 1.29 is 19.2 Å². The molecule has 0 bridgehead atoms. The molecule has 0 aliphatic carbocycles. The lowest BCUT2D eigenvalue weighted by molar-refractivity contribution is -0.170. The maximum absolute atomic E-state index is 11.9. The topological polar surface area (TPSA) is 99.5 Å². The molecule has 2 rings (SSSR count). The first kappa shape index (κ1) is 15.7. The molecule has 0 spiro atoms. The van der Waals surface area contributed by atoms with Gasteiger partial charge < -0.3 is 0 Å². The molecule has 116 valence electrons. The summed E-state index contributed by atoms with van der Waals surface area (Å²) >= 11 is 0. The van der Waals surface area contributed by atoms with Crippen LogP contribution in [0.1, 0.15) is 13.8 Å². The van der Waals surface area contributed by atoms with E-state index < -0.39 is 34.7 Å². The Morgan fingerprint density at radius 3 is 1.32 bits per heavy atom. The van der Waals surface area contributed by atoms with Gasteiger partial charge in [0.1, 0.15) is 0 Å². The van der Waals surface area contributed by atoms with Crippen molar-refractivity contribution in [3.8, 4) is 0 Å². The molecule has 2 aliphatic heterocycles. The molecule has 8 nitrogen and oxygen atoms in total. The van der Waals surface area contributed by atoms with Crippen LogP contribution in [0.2, 0.25) is 0 Å². The Morgan fingerprint density at radius 1 is 0.818 bits per heavy atom. The number of hydrogen-bond donors (Lipinski definition) is 0. The fourth-order valence-corrected chi connectivity index (χ4v) is 2.27. The van der Waals surface area contributed by atoms with E-state index in [1.54, 1.807) is 0 Å². The predicted octanol–water partition coefficient (Wildman–Crippen LogP) is 0.0656. The smallest absolute Gasteiger partial charge is 0.268 e. The highest BCUT2D eigenvalue weighted by Crippen LogP contribution is 2.33. The Kier molecular flexibility index (Phi) is 3.56. The van der Waals surface area contributed by atoms with Crippen molar-refractivity contribution in [3.05, 3.63) is 25.3 Å². The molecule has 2 saturated heterocycles. The summed E-state index contributed by atoms with van der Waals surface area (Å²) in [5, 5.41) is 7.40. The second kappa shape index (κ2) is 4.97. The van der Waals surface area contributed by atoms with Gasteiger partial charge in [-0.05, 0) is 13.8 Å². The van der Waals surface area contributed by atoms with Crippen molar-refractivity contribution in [1.82, 2.24) is 9.80 Å². The minimum atomic E-state index is -1.68. The first-order valence-electron chi connectivity index (χ1n) is 6.62. The molecule has 2 aliphatic rings. The maximum atomic E-state index is 11.9. The first-order valence-corrected chi connectivity index (χ1v) is 6.62. The number of rotatable bonds is 6. The van der Waals surface area contributed by atoms with Gasteiger partial charge in [-0.1, -0.05) is 12.2 Å². The van der Waals surface area contributed by atoms with Gasteiger partial charge in [0.15, 0.2) is 0 Å². The standard InChI is InChI=1S/C14H16N4O4/c1-5-7-17-9(19)13(3,10(17)20)15-16-14(4)11(21)18(8-6-2)12(14)22/h5-6H,1-2,7-8H2,3-4H3. The molecule has 8 heteroatoms. The van der Waals surface area contributed by atoms with Crippen molar-refractivity contribution in [2.45, 2.75) is 24.9 Å². The zero-order valence-electron chi connectivity index (χ0n) is 12.4. The average molecular weight is 304 g/mol. The number of azo groups is 1. The van der Waals surface area contributed by atoms with E-state index in [2.05, 4.69) is 23.4 Å². The zero-order valence-corrected chi connectivity index (χ0v) is 12.4. The quantitative estimate of drug-likeness (QED) is 0.300. The molecule has 4 amide bonds. The average Bonchev–Trinajstić information content (AvgIpc) is 2.53. The van der Waals surface area contributed by atoms with Gasteiger partial charge in [0.05, 0.1) is 0 Å². The van der Waals surface area contributed by atoms with E-state index in [0.29, 0.717) is 0 Å². The van der Waals surface area contributed by atoms with Crippen molar-refractivity contribution in [2.24, 2.45) is 10.2 Å². The molecule has 0 saturated carbocycles. The summed E-state index contributed by atoms with van der Waals surface area (Å²) in [5.41, 5.74) is -3.35. The lowest BCUT2D eigenvalue weighted by atomic mass is 9.89. The summed E-state index contributed by atoms with van der Waals surface area (Å²) in [5.74, 6) is -2.14. The third kappa shape index (κ3) is 1.83. The van der Waals surface area contributed by atoms with Gasteiger partial charge in [0.25, 0.3) is 23.6 Å². The van der Waals surface area contributed by atoms with E-state index in [0.717, 1.165) is 9.80 Å². The summed E-state index contributed by atoms with van der Waals surface area (Å²) in [7, 11) is 0. The number of carbonyl (C=O) groups is 4. The Labute approximate surface area is 127 Å². The van der Waals surface area contributed by atoms with Gasteiger partial charge in [0, 0.05) is 13.1 Å². The van der Waals surface area contributed by atoms with Crippen molar-refractivity contribution in [2.75, 3.05) is 13.1 Å². The number of imide groups is 2. The second-order valence-electron chi connectivity index (χ2n) is 5.36. The number of amides is 4. The van der Waals surface area contributed by atoms with Crippen LogP contribution < -0.4 is 0 Å². The summed E-state index contributed by atoms with van der Waals surface area (Å²) in [4.78, 5) is 49.7. The molecular weight excluding hydrogens is 288 g/mol. The Balaban J connectivity index is 2.16. The van der Waals surface area contributed by atoms with Crippen LogP contribution in [-0.2, 0) is 19.2 Å². The number of β-lactam (4-membered cyclic amide) rings is 4. The Hall–Kier alpha value is -2.64. The fourth-order valence-electron chi connectivity index (χ4n) is 2.27. The highest BCUT2D eigenvalue weighted by Gasteiger charge is 2.61. The fraction of sp³-hybridized carbons (Fsp3) is 0.429. The molecule has 0 aromatic carbocycles. The van der Waals surface area contributed by atoms with Crippen LogP contribution in [0.15, 0.2) is 35.5 Å².